The minimum absolute atomic E-state index is 0.118. The molecule has 24 heavy (non-hydrogen) atoms. The summed E-state index contributed by atoms with van der Waals surface area (Å²) in [6.07, 6.45) is 1.46. The Morgan fingerprint density at radius 3 is 2.50 bits per heavy atom. The van der Waals surface area contributed by atoms with E-state index in [1.54, 1.807) is 12.1 Å². The lowest BCUT2D eigenvalue weighted by Gasteiger charge is -2.09. The zero-order valence-corrected chi connectivity index (χ0v) is 14.2. The number of aromatic nitrogens is 2. The van der Waals surface area contributed by atoms with Crippen LogP contribution in [0.25, 0.3) is 11.3 Å². The predicted molar refractivity (Wildman–Crippen MR) is 91.1 cm³/mol. The summed E-state index contributed by atoms with van der Waals surface area (Å²) in [6, 6.07) is 8.78. The monoisotopic (exact) mass is 343 g/mol. The number of aryl methyl sites for hydroxylation is 2. The third-order valence-electron chi connectivity index (χ3n) is 3.95. The summed E-state index contributed by atoms with van der Waals surface area (Å²) >= 11 is 0. The molecule has 0 radical (unpaired) electrons. The van der Waals surface area contributed by atoms with Crippen LogP contribution in [0.15, 0.2) is 41.8 Å². The van der Waals surface area contributed by atoms with Crippen LogP contribution in [0.2, 0.25) is 0 Å². The molecule has 1 N–H and O–H groups in total. The standard InChI is InChI=1S/C17H17N3O3S/c1-11-3-4-13(9-12(11)2)15-5-6-16(20-19-15)17(21)18-14-7-8-24(22,23)10-14/h3-9,14H,10H2,1-2H3,(H,18,21). The van der Waals surface area contributed by atoms with Crippen LogP contribution in [-0.4, -0.2) is 36.3 Å². The topological polar surface area (TPSA) is 89.0 Å². The van der Waals surface area contributed by atoms with Crippen molar-refractivity contribution in [2.45, 2.75) is 19.9 Å². The van der Waals surface area contributed by atoms with Gasteiger partial charge in [0.15, 0.2) is 15.5 Å². The second kappa shape index (κ2) is 6.16. The molecule has 0 saturated carbocycles. The Balaban J connectivity index is 1.73. The van der Waals surface area contributed by atoms with Crippen molar-refractivity contribution in [3.05, 3.63) is 58.6 Å². The number of hydrogen-bond acceptors (Lipinski definition) is 5. The summed E-state index contributed by atoms with van der Waals surface area (Å²) in [6.45, 7) is 4.06. The van der Waals surface area contributed by atoms with Crippen molar-refractivity contribution in [3.8, 4) is 11.3 Å². The molecule has 1 amide bonds. The molecule has 1 aliphatic rings. The molecule has 1 aromatic heterocycles. The maximum absolute atomic E-state index is 12.1. The van der Waals surface area contributed by atoms with Crippen LogP contribution >= 0.6 is 0 Å². The van der Waals surface area contributed by atoms with Gasteiger partial charge in [-0.2, -0.15) is 0 Å². The number of nitrogens with zero attached hydrogens (tertiary/aromatic N) is 2. The maximum atomic E-state index is 12.1. The van der Waals surface area contributed by atoms with Gasteiger partial charge >= 0.3 is 0 Å². The predicted octanol–water partition coefficient (Wildman–Crippen LogP) is 1.80. The first kappa shape index (κ1) is 16.3. The van der Waals surface area contributed by atoms with Gasteiger partial charge in [0.25, 0.3) is 5.91 Å². The van der Waals surface area contributed by atoms with E-state index in [4.69, 9.17) is 0 Å². The van der Waals surface area contributed by atoms with E-state index in [2.05, 4.69) is 15.5 Å². The van der Waals surface area contributed by atoms with E-state index in [1.807, 2.05) is 32.0 Å². The Morgan fingerprint density at radius 1 is 1.12 bits per heavy atom. The highest BCUT2D eigenvalue weighted by Gasteiger charge is 2.23. The Hall–Kier alpha value is -2.54. The highest BCUT2D eigenvalue weighted by Crippen LogP contribution is 2.19. The average Bonchev–Trinajstić information content (AvgIpc) is 2.89. The van der Waals surface area contributed by atoms with E-state index in [0.29, 0.717) is 5.69 Å². The van der Waals surface area contributed by atoms with Gasteiger partial charge in [0.1, 0.15) is 0 Å². The van der Waals surface area contributed by atoms with Gasteiger partial charge < -0.3 is 5.32 Å². The Labute approximate surface area is 140 Å². The van der Waals surface area contributed by atoms with E-state index >= 15 is 0 Å². The van der Waals surface area contributed by atoms with Crippen LogP contribution in [0.1, 0.15) is 21.6 Å². The van der Waals surface area contributed by atoms with Crippen molar-refractivity contribution in [1.29, 1.82) is 0 Å². The first-order valence-corrected chi connectivity index (χ1v) is 9.19. The lowest BCUT2D eigenvalue weighted by Crippen LogP contribution is -2.36. The SMILES string of the molecule is Cc1ccc(-c2ccc(C(=O)NC3C=CS(=O)(=O)C3)nn2)cc1C. The minimum Gasteiger partial charge on any atom is -0.343 e. The van der Waals surface area contributed by atoms with Crippen molar-refractivity contribution >= 4 is 15.7 Å². The fourth-order valence-corrected chi connectivity index (χ4v) is 3.65. The molecule has 1 atom stereocenters. The Morgan fingerprint density at radius 2 is 1.92 bits per heavy atom. The highest BCUT2D eigenvalue weighted by molar-refractivity contribution is 7.94. The lowest BCUT2D eigenvalue weighted by atomic mass is 10.0. The van der Waals surface area contributed by atoms with E-state index in [-0.39, 0.29) is 11.4 Å². The molecule has 2 aromatic rings. The largest absolute Gasteiger partial charge is 0.343 e. The van der Waals surface area contributed by atoms with Crippen LogP contribution in [-0.2, 0) is 9.84 Å². The Bertz CT molecular complexity index is 919. The molecule has 0 bridgehead atoms. The molecule has 3 rings (SSSR count). The molecule has 0 aliphatic carbocycles. The molecule has 1 unspecified atom stereocenters. The van der Waals surface area contributed by atoms with Crippen molar-refractivity contribution in [2.75, 3.05) is 5.75 Å². The third kappa shape index (κ3) is 3.51. The van der Waals surface area contributed by atoms with Gasteiger partial charge in [-0.05, 0) is 49.2 Å². The fourth-order valence-electron chi connectivity index (χ4n) is 2.42. The maximum Gasteiger partial charge on any atom is 0.272 e. The van der Waals surface area contributed by atoms with Crippen molar-refractivity contribution in [2.24, 2.45) is 0 Å². The summed E-state index contributed by atoms with van der Waals surface area (Å²) < 4.78 is 22.7. The summed E-state index contributed by atoms with van der Waals surface area (Å²) in [5, 5.41) is 11.8. The van der Waals surface area contributed by atoms with E-state index in [9.17, 15) is 13.2 Å². The second-order valence-electron chi connectivity index (χ2n) is 5.84. The number of nitrogens with one attached hydrogen (secondary N) is 1. The van der Waals surface area contributed by atoms with Gasteiger partial charge in [0.2, 0.25) is 0 Å². The fraction of sp³-hybridized carbons (Fsp3) is 0.235. The van der Waals surface area contributed by atoms with Gasteiger partial charge in [0, 0.05) is 11.0 Å². The van der Waals surface area contributed by atoms with E-state index < -0.39 is 21.8 Å². The number of hydrogen-bond donors (Lipinski definition) is 1. The number of rotatable bonds is 3. The molecule has 124 valence electrons. The summed E-state index contributed by atoms with van der Waals surface area (Å²) in [7, 11) is -3.20. The Kier molecular flexibility index (Phi) is 4.19. The van der Waals surface area contributed by atoms with Crippen molar-refractivity contribution in [3.63, 3.8) is 0 Å². The smallest absolute Gasteiger partial charge is 0.272 e. The molecule has 0 saturated heterocycles. The quantitative estimate of drug-likeness (QED) is 0.918. The molecule has 1 aromatic carbocycles. The van der Waals surface area contributed by atoms with Gasteiger partial charge in [-0.3, -0.25) is 4.79 Å². The summed E-state index contributed by atoms with van der Waals surface area (Å²) in [5.74, 6) is -0.562. The molecule has 0 fully saturated rings. The molecular formula is C17H17N3O3S. The van der Waals surface area contributed by atoms with Crippen LogP contribution in [0.4, 0.5) is 0 Å². The van der Waals surface area contributed by atoms with Crippen molar-refractivity contribution in [1.82, 2.24) is 15.5 Å². The van der Waals surface area contributed by atoms with Gasteiger partial charge in [-0.1, -0.05) is 12.1 Å². The van der Waals surface area contributed by atoms with E-state index in [1.165, 1.54) is 11.6 Å². The molecule has 1 aliphatic heterocycles. The first-order valence-electron chi connectivity index (χ1n) is 7.47. The van der Waals surface area contributed by atoms with Gasteiger partial charge in [0.05, 0.1) is 17.5 Å². The zero-order valence-electron chi connectivity index (χ0n) is 13.4. The van der Waals surface area contributed by atoms with Crippen LogP contribution in [0.3, 0.4) is 0 Å². The minimum atomic E-state index is -3.20. The van der Waals surface area contributed by atoms with Crippen LogP contribution in [0.5, 0.6) is 0 Å². The summed E-state index contributed by atoms with van der Waals surface area (Å²) in [4.78, 5) is 12.1. The molecule has 2 heterocycles. The molecular weight excluding hydrogens is 326 g/mol. The normalized spacial score (nSPS) is 18.5. The first-order chi connectivity index (χ1) is 11.3. The lowest BCUT2D eigenvalue weighted by molar-refractivity contribution is 0.0941. The van der Waals surface area contributed by atoms with Crippen molar-refractivity contribution < 1.29 is 13.2 Å². The number of amides is 1. The molecule has 7 heteroatoms. The van der Waals surface area contributed by atoms with Gasteiger partial charge in [-0.25, -0.2) is 8.42 Å². The molecule has 6 nitrogen and oxygen atoms in total. The third-order valence-corrected chi connectivity index (χ3v) is 5.34. The van der Waals surface area contributed by atoms with Gasteiger partial charge in [-0.15, -0.1) is 10.2 Å². The average molecular weight is 343 g/mol. The second-order valence-corrected chi connectivity index (χ2v) is 7.77. The number of sulfone groups is 1. The number of carbonyl (C=O) groups excluding carboxylic acids is 1. The van der Waals surface area contributed by atoms with Crippen LogP contribution < -0.4 is 5.32 Å². The number of benzene rings is 1. The summed E-state index contributed by atoms with van der Waals surface area (Å²) in [5.41, 5.74) is 4.12. The molecule has 0 spiro atoms. The zero-order chi connectivity index (χ0) is 17.3. The number of carbonyl (C=O) groups is 1. The van der Waals surface area contributed by atoms with E-state index in [0.717, 1.165) is 16.5 Å². The highest BCUT2D eigenvalue weighted by atomic mass is 32.2. The van der Waals surface area contributed by atoms with Crippen LogP contribution in [0, 0.1) is 13.8 Å².